The van der Waals surface area contributed by atoms with E-state index in [-0.39, 0.29) is 6.10 Å². The summed E-state index contributed by atoms with van der Waals surface area (Å²) >= 11 is 0. The van der Waals surface area contributed by atoms with Gasteiger partial charge in [0, 0.05) is 11.8 Å². The van der Waals surface area contributed by atoms with Gasteiger partial charge in [-0.05, 0) is 23.8 Å². The second kappa shape index (κ2) is 6.78. The van der Waals surface area contributed by atoms with E-state index in [1.54, 1.807) is 16.9 Å². The molecular formula is C17H13F3N4O3. The first kappa shape index (κ1) is 17.1. The lowest BCUT2D eigenvalue weighted by molar-refractivity contribution is -0.0521. The molecule has 4 rings (SSSR count). The van der Waals surface area contributed by atoms with Crippen LogP contribution in [0.4, 0.5) is 18.0 Å². The lowest BCUT2D eigenvalue weighted by Gasteiger charge is -2.10. The average molecular weight is 378 g/mol. The molecule has 0 aliphatic carbocycles. The van der Waals surface area contributed by atoms with E-state index in [1.165, 1.54) is 18.3 Å². The van der Waals surface area contributed by atoms with Crippen LogP contribution in [0.15, 0.2) is 36.7 Å². The van der Waals surface area contributed by atoms with Crippen LogP contribution in [0.5, 0.6) is 5.75 Å². The van der Waals surface area contributed by atoms with Gasteiger partial charge in [0.05, 0.1) is 24.8 Å². The van der Waals surface area contributed by atoms with E-state index in [0.717, 1.165) is 6.07 Å². The van der Waals surface area contributed by atoms with Gasteiger partial charge in [0.15, 0.2) is 11.6 Å². The number of aromatic nitrogens is 3. The molecule has 1 N–H and O–H groups in total. The highest BCUT2D eigenvalue weighted by molar-refractivity contribution is 5.80. The van der Waals surface area contributed by atoms with E-state index in [0.29, 0.717) is 35.2 Å². The number of benzene rings is 1. The molecule has 1 saturated heterocycles. The Morgan fingerprint density at radius 2 is 2.15 bits per heavy atom. The summed E-state index contributed by atoms with van der Waals surface area (Å²) in [5.41, 5.74) is 2.31. The van der Waals surface area contributed by atoms with Crippen LogP contribution < -0.4 is 10.1 Å². The van der Waals surface area contributed by atoms with Crippen LogP contribution in [-0.2, 0) is 11.3 Å². The Hall–Kier alpha value is -3.30. The number of nitrogens with zero attached hydrogens (tertiary/aromatic N) is 3. The first-order valence-electron chi connectivity index (χ1n) is 8.00. The molecule has 2 aromatic heterocycles. The van der Waals surface area contributed by atoms with Crippen LogP contribution in [0, 0.1) is 5.82 Å². The van der Waals surface area contributed by atoms with Crippen LogP contribution in [0.1, 0.15) is 0 Å². The summed E-state index contributed by atoms with van der Waals surface area (Å²) < 4.78 is 49.4. The van der Waals surface area contributed by atoms with Crippen molar-refractivity contribution in [1.82, 2.24) is 20.1 Å². The predicted octanol–water partition coefficient (Wildman–Crippen LogP) is 2.95. The van der Waals surface area contributed by atoms with Gasteiger partial charge in [-0.25, -0.2) is 9.18 Å². The molecule has 1 aliphatic rings. The van der Waals surface area contributed by atoms with Crippen molar-refractivity contribution in [3.63, 3.8) is 0 Å². The quantitative estimate of drug-likeness (QED) is 0.739. The number of carbonyl (C=O) groups is 1. The first-order valence-corrected chi connectivity index (χ1v) is 8.00. The number of fused-ring (bicyclic) bond motifs is 1. The van der Waals surface area contributed by atoms with E-state index in [2.05, 4.69) is 20.1 Å². The molecule has 0 unspecified atom stereocenters. The summed E-state index contributed by atoms with van der Waals surface area (Å²) in [6.07, 6.45) is 2.26. The number of ether oxygens (including phenoxy) is 2. The van der Waals surface area contributed by atoms with Crippen molar-refractivity contribution in [2.75, 3.05) is 6.54 Å². The highest BCUT2D eigenvalue weighted by Gasteiger charge is 2.24. The van der Waals surface area contributed by atoms with Crippen molar-refractivity contribution in [2.24, 2.45) is 0 Å². The Kier molecular flexibility index (Phi) is 4.30. The third kappa shape index (κ3) is 3.50. The molecule has 3 heterocycles. The largest absolute Gasteiger partial charge is 0.442 e. The fourth-order valence-electron chi connectivity index (χ4n) is 2.86. The lowest BCUT2D eigenvalue weighted by Crippen LogP contribution is -2.21. The number of carbonyl (C=O) groups excluding carboxylic acids is 1. The van der Waals surface area contributed by atoms with Gasteiger partial charge in [0.25, 0.3) is 0 Å². The summed E-state index contributed by atoms with van der Waals surface area (Å²) in [7, 11) is 0. The zero-order valence-corrected chi connectivity index (χ0v) is 13.7. The van der Waals surface area contributed by atoms with Crippen LogP contribution in [0.25, 0.3) is 22.2 Å². The Balaban J connectivity index is 1.67. The van der Waals surface area contributed by atoms with E-state index < -0.39 is 24.3 Å². The highest BCUT2D eigenvalue weighted by atomic mass is 19.3. The molecule has 3 aromatic rings. The molecule has 7 nitrogen and oxygen atoms in total. The first-order chi connectivity index (χ1) is 13.0. The molecule has 10 heteroatoms. The van der Waals surface area contributed by atoms with Crippen molar-refractivity contribution in [1.29, 1.82) is 0 Å². The van der Waals surface area contributed by atoms with Gasteiger partial charge >= 0.3 is 12.7 Å². The number of amides is 1. The van der Waals surface area contributed by atoms with E-state index in [1.807, 2.05) is 0 Å². The smallest absolute Gasteiger partial charge is 0.407 e. The van der Waals surface area contributed by atoms with E-state index in [9.17, 15) is 18.0 Å². The Morgan fingerprint density at radius 3 is 2.89 bits per heavy atom. The number of alkyl carbamates (subject to hydrolysis) is 1. The zero-order chi connectivity index (χ0) is 19.0. The van der Waals surface area contributed by atoms with Gasteiger partial charge in [-0.3, -0.25) is 9.67 Å². The molecule has 0 radical (unpaired) electrons. The maximum Gasteiger partial charge on any atom is 0.407 e. The van der Waals surface area contributed by atoms with Gasteiger partial charge in [-0.2, -0.15) is 13.9 Å². The SMILES string of the molecule is O=C1NC[C@H](Cn2ncc3ncc(-c4ccc(F)c(OC(F)F)c4)cc32)O1. The van der Waals surface area contributed by atoms with Gasteiger partial charge in [0.2, 0.25) is 0 Å². The van der Waals surface area contributed by atoms with Crippen molar-refractivity contribution in [3.05, 3.63) is 42.5 Å². The molecule has 1 aromatic carbocycles. The molecule has 1 fully saturated rings. The standard InChI is InChI=1S/C17H13F3N4O3/c18-12-2-1-9(4-15(12)27-16(19)20)10-3-14-13(21-5-10)7-23-24(14)8-11-6-22-17(25)26-11/h1-5,7,11,16H,6,8H2,(H,22,25)/t11-/m1/s1. The van der Waals surface area contributed by atoms with Gasteiger partial charge in [0.1, 0.15) is 11.6 Å². The van der Waals surface area contributed by atoms with Crippen LogP contribution in [0.2, 0.25) is 0 Å². The molecule has 27 heavy (non-hydrogen) atoms. The van der Waals surface area contributed by atoms with Crippen LogP contribution in [0.3, 0.4) is 0 Å². The zero-order valence-electron chi connectivity index (χ0n) is 13.7. The Morgan fingerprint density at radius 1 is 1.30 bits per heavy atom. The molecule has 1 atom stereocenters. The van der Waals surface area contributed by atoms with Crippen molar-refractivity contribution in [3.8, 4) is 16.9 Å². The lowest BCUT2D eigenvalue weighted by atomic mass is 10.1. The van der Waals surface area contributed by atoms with Crippen LogP contribution in [-0.4, -0.2) is 40.1 Å². The minimum Gasteiger partial charge on any atom is -0.442 e. The topological polar surface area (TPSA) is 78.3 Å². The third-order valence-corrected chi connectivity index (χ3v) is 4.10. The maximum atomic E-state index is 13.6. The predicted molar refractivity (Wildman–Crippen MR) is 87.8 cm³/mol. The van der Waals surface area contributed by atoms with Crippen molar-refractivity contribution < 1.29 is 27.4 Å². The number of nitrogens with one attached hydrogen (secondary N) is 1. The third-order valence-electron chi connectivity index (χ3n) is 4.10. The van der Waals surface area contributed by atoms with E-state index in [4.69, 9.17) is 4.74 Å². The second-order valence-corrected chi connectivity index (χ2v) is 5.89. The molecule has 140 valence electrons. The number of pyridine rings is 1. The molecule has 1 amide bonds. The normalized spacial score (nSPS) is 16.6. The molecule has 0 saturated carbocycles. The molecule has 0 spiro atoms. The Labute approximate surface area is 150 Å². The number of halogens is 3. The summed E-state index contributed by atoms with van der Waals surface area (Å²) in [4.78, 5) is 15.4. The number of hydrogen-bond donors (Lipinski definition) is 1. The second-order valence-electron chi connectivity index (χ2n) is 5.89. The summed E-state index contributed by atoms with van der Waals surface area (Å²) in [6, 6.07) is 5.44. The fraction of sp³-hybridized carbons (Fsp3) is 0.235. The summed E-state index contributed by atoms with van der Waals surface area (Å²) in [6.45, 7) is -2.42. The van der Waals surface area contributed by atoms with Gasteiger partial charge < -0.3 is 14.8 Å². The van der Waals surface area contributed by atoms with Gasteiger partial charge in [-0.1, -0.05) is 6.07 Å². The highest BCUT2D eigenvalue weighted by Crippen LogP contribution is 2.29. The molecule has 0 bridgehead atoms. The van der Waals surface area contributed by atoms with E-state index >= 15 is 0 Å². The number of alkyl halides is 2. The monoisotopic (exact) mass is 378 g/mol. The van der Waals surface area contributed by atoms with Crippen LogP contribution >= 0.6 is 0 Å². The number of cyclic esters (lactones) is 1. The Bertz CT molecular complexity index is 1010. The minimum atomic E-state index is -3.13. The number of rotatable bonds is 5. The maximum absolute atomic E-state index is 13.6. The fourth-order valence-corrected chi connectivity index (χ4v) is 2.86. The number of hydrogen-bond acceptors (Lipinski definition) is 5. The minimum absolute atomic E-state index is 0.330. The van der Waals surface area contributed by atoms with Crippen molar-refractivity contribution in [2.45, 2.75) is 19.3 Å². The molecular weight excluding hydrogens is 365 g/mol. The average Bonchev–Trinajstić information content (AvgIpc) is 3.23. The van der Waals surface area contributed by atoms with Gasteiger partial charge in [-0.15, -0.1) is 0 Å². The summed E-state index contributed by atoms with van der Waals surface area (Å²) in [5, 5.41) is 6.81. The van der Waals surface area contributed by atoms with Crippen molar-refractivity contribution >= 4 is 17.1 Å². The summed E-state index contributed by atoms with van der Waals surface area (Å²) in [5.74, 6) is -1.42. The molecule has 1 aliphatic heterocycles.